The molecule has 0 saturated heterocycles. The number of nitrogens with two attached hydrogens (primary N) is 1. The predicted octanol–water partition coefficient (Wildman–Crippen LogP) is 2.60. The van der Waals surface area contributed by atoms with E-state index in [1.807, 2.05) is 45.0 Å². The van der Waals surface area contributed by atoms with Gasteiger partial charge in [0.1, 0.15) is 0 Å². The molecule has 0 spiro atoms. The molecule has 1 aromatic carbocycles. The van der Waals surface area contributed by atoms with Crippen molar-refractivity contribution >= 4 is 5.91 Å². The molecule has 3 N–H and O–H groups in total. The zero-order valence-electron chi connectivity index (χ0n) is 13.6. The highest BCUT2D eigenvalue weighted by Gasteiger charge is 2.27. The molecule has 4 heteroatoms. The van der Waals surface area contributed by atoms with E-state index in [4.69, 9.17) is 10.5 Å². The first-order chi connectivity index (χ1) is 9.86. The van der Waals surface area contributed by atoms with E-state index in [1.165, 1.54) is 0 Å². The molecule has 0 bridgehead atoms. The normalized spacial score (nSPS) is 13.0. The van der Waals surface area contributed by atoms with Gasteiger partial charge in [-0.05, 0) is 23.0 Å². The molecule has 0 fully saturated rings. The van der Waals surface area contributed by atoms with E-state index in [-0.39, 0.29) is 11.3 Å². The Morgan fingerprint density at radius 2 is 1.90 bits per heavy atom. The molecule has 118 valence electrons. The first kappa shape index (κ1) is 17.7. The molecule has 0 heterocycles. The van der Waals surface area contributed by atoms with Crippen molar-refractivity contribution in [3.63, 3.8) is 0 Å². The van der Waals surface area contributed by atoms with Gasteiger partial charge in [0.15, 0.2) is 0 Å². The standard InChI is InChI=1S/C17H28N2O2/c1-5-10-21-12-14-9-7-6-8-13(14)11-19-16(20)15(18)17(2,3)4/h6-9,15H,5,10-12,18H2,1-4H3,(H,19,20)/t15-/m1/s1. The summed E-state index contributed by atoms with van der Waals surface area (Å²) in [7, 11) is 0. The van der Waals surface area contributed by atoms with Crippen molar-refractivity contribution in [3.8, 4) is 0 Å². The smallest absolute Gasteiger partial charge is 0.237 e. The summed E-state index contributed by atoms with van der Waals surface area (Å²) in [6.07, 6.45) is 0.999. The van der Waals surface area contributed by atoms with Gasteiger partial charge < -0.3 is 15.8 Å². The van der Waals surface area contributed by atoms with Crippen LogP contribution < -0.4 is 11.1 Å². The van der Waals surface area contributed by atoms with Crippen LogP contribution in [-0.4, -0.2) is 18.6 Å². The number of amides is 1. The Bertz CT molecular complexity index is 452. The molecule has 0 aromatic heterocycles. The Hall–Kier alpha value is -1.39. The summed E-state index contributed by atoms with van der Waals surface area (Å²) < 4.78 is 5.58. The zero-order chi connectivity index (χ0) is 15.9. The molecule has 21 heavy (non-hydrogen) atoms. The lowest BCUT2D eigenvalue weighted by molar-refractivity contribution is -0.124. The van der Waals surface area contributed by atoms with Gasteiger partial charge >= 0.3 is 0 Å². The maximum absolute atomic E-state index is 12.1. The topological polar surface area (TPSA) is 64.3 Å². The third-order valence-corrected chi connectivity index (χ3v) is 3.39. The predicted molar refractivity (Wildman–Crippen MR) is 85.7 cm³/mol. The molecule has 1 aromatic rings. The summed E-state index contributed by atoms with van der Waals surface area (Å²) in [6.45, 7) is 9.77. The van der Waals surface area contributed by atoms with Crippen molar-refractivity contribution in [3.05, 3.63) is 35.4 Å². The maximum atomic E-state index is 12.1. The van der Waals surface area contributed by atoms with Gasteiger partial charge in [-0.2, -0.15) is 0 Å². The van der Waals surface area contributed by atoms with Gasteiger partial charge in [0.25, 0.3) is 0 Å². The molecule has 1 rings (SSSR count). The van der Waals surface area contributed by atoms with Crippen LogP contribution in [0.2, 0.25) is 0 Å². The summed E-state index contributed by atoms with van der Waals surface area (Å²) in [4.78, 5) is 12.1. The van der Waals surface area contributed by atoms with E-state index in [0.717, 1.165) is 24.2 Å². The summed E-state index contributed by atoms with van der Waals surface area (Å²) in [5.74, 6) is -0.119. The average Bonchev–Trinajstić information content (AvgIpc) is 2.44. The highest BCUT2D eigenvalue weighted by Crippen LogP contribution is 2.17. The van der Waals surface area contributed by atoms with Crippen LogP contribution in [0, 0.1) is 5.41 Å². The second-order valence-electron chi connectivity index (χ2n) is 6.38. The number of ether oxygens (including phenoxy) is 1. The molecule has 0 aliphatic carbocycles. The monoisotopic (exact) mass is 292 g/mol. The minimum atomic E-state index is -0.513. The first-order valence-corrected chi connectivity index (χ1v) is 7.54. The Balaban J connectivity index is 2.61. The van der Waals surface area contributed by atoms with E-state index in [0.29, 0.717) is 13.2 Å². The van der Waals surface area contributed by atoms with Crippen LogP contribution >= 0.6 is 0 Å². The number of carbonyl (C=O) groups excluding carboxylic acids is 1. The lowest BCUT2D eigenvalue weighted by atomic mass is 9.87. The summed E-state index contributed by atoms with van der Waals surface area (Å²) in [5.41, 5.74) is 7.90. The van der Waals surface area contributed by atoms with Gasteiger partial charge in [-0.25, -0.2) is 0 Å². The highest BCUT2D eigenvalue weighted by atomic mass is 16.5. The molecule has 0 unspecified atom stereocenters. The third-order valence-electron chi connectivity index (χ3n) is 3.39. The van der Waals surface area contributed by atoms with Crippen molar-refractivity contribution in [2.24, 2.45) is 11.1 Å². The Morgan fingerprint density at radius 3 is 2.48 bits per heavy atom. The molecular formula is C17H28N2O2. The van der Waals surface area contributed by atoms with Gasteiger partial charge in [-0.3, -0.25) is 4.79 Å². The van der Waals surface area contributed by atoms with E-state index >= 15 is 0 Å². The van der Waals surface area contributed by atoms with Crippen LogP contribution in [0.4, 0.5) is 0 Å². The summed E-state index contributed by atoms with van der Waals surface area (Å²) in [5, 5.41) is 2.92. The molecule has 4 nitrogen and oxygen atoms in total. The van der Waals surface area contributed by atoms with Crippen LogP contribution in [0.3, 0.4) is 0 Å². The van der Waals surface area contributed by atoms with Crippen molar-refractivity contribution in [1.82, 2.24) is 5.32 Å². The van der Waals surface area contributed by atoms with Gasteiger partial charge in [-0.1, -0.05) is 52.0 Å². The minimum absolute atomic E-state index is 0.119. The van der Waals surface area contributed by atoms with E-state index in [1.54, 1.807) is 0 Å². The minimum Gasteiger partial charge on any atom is -0.377 e. The molecule has 0 saturated carbocycles. The van der Waals surface area contributed by atoms with Crippen molar-refractivity contribution in [2.45, 2.75) is 53.3 Å². The number of hydrogen-bond donors (Lipinski definition) is 2. The summed E-state index contributed by atoms with van der Waals surface area (Å²) >= 11 is 0. The third kappa shape index (κ3) is 5.86. The van der Waals surface area contributed by atoms with E-state index in [9.17, 15) is 4.79 Å². The number of hydrogen-bond acceptors (Lipinski definition) is 3. The number of benzene rings is 1. The van der Waals surface area contributed by atoms with E-state index < -0.39 is 6.04 Å². The molecule has 0 radical (unpaired) electrons. The second kappa shape index (κ2) is 8.15. The van der Waals surface area contributed by atoms with Gasteiger partial charge in [0, 0.05) is 13.2 Å². The SMILES string of the molecule is CCCOCc1ccccc1CNC(=O)[C@@H](N)C(C)(C)C. The fourth-order valence-electron chi connectivity index (χ4n) is 1.88. The fourth-order valence-corrected chi connectivity index (χ4v) is 1.88. The molecular weight excluding hydrogens is 264 g/mol. The van der Waals surface area contributed by atoms with Gasteiger partial charge in [0.2, 0.25) is 5.91 Å². The Morgan fingerprint density at radius 1 is 1.29 bits per heavy atom. The largest absolute Gasteiger partial charge is 0.377 e. The number of rotatable bonds is 7. The molecule has 0 aliphatic heterocycles. The van der Waals surface area contributed by atoms with Crippen molar-refractivity contribution in [2.75, 3.05) is 6.61 Å². The maximum Gasteiger partial charge on any atom is 0.237 e. The second-order valence-corrected chi connectivity index (χ2v) is 6.38. The van der Waals surface area contributed by atoms with Gasteiger partial charge in [0.05, 0.1) is 12.6 Å². The van der Waals surface area contributed by atoms with Crippen LogP contribution in [-0.2, 0) is 22.7 Å². The lowest BCUT2D eigenvalue weighted by Gasteiger charge is -2.26. The summed E-state index contributed by atoms with van der Waals surface area (Å²) in [6, 6.07) is 7.47. The van der Waals surface area contributed by atoms with Gasteiger partial charge in [-0.15, -0.1) is 0 Å². The average molecular weight is 292 g/mol. The van der Waals surface area contributed by atoms with Crippen LogP contribution in [0.1, 0.15) is 45.2 Å². The Labute approximate surface area is 128 Å². The van der Waals surface area contributed by atoms with Crippen LogP contribution in [0.5, 0.6) is 0 Å². The molecule has 1 amide bonds. The quantitative estimate of drug-likeness (QED) is 0.759. The van der Waals surface area contributed by atoms with E-state index in [2.05, 4.69) is 12.2 Å². The number of carbonyl (C=O) groups is 1. The number of nitrogens with one attached hydrogen (secondary N) is 1. The lowest BCUT2D eigenvalue weighted by Crippen LogP contribution is -2.48. The van der Waals surface area contributed by atoms with Crippen molar-refractivity contribution in [1.29, 1.82) is 0 Å². The van der Waals surface area contributed by atoms with Crippen LogP contribution in [0.15, 0.2) is 24.3 Å². The molecule has 0 aliphatic rings. The van der Waals surface area contributed by atoms with Crippen molar-refractivity contribution < 1.29 is 9.53 Å². The fraction of sp³-hybridized carbons (Fsp3) is 0.588. The Kier molecular flexibility index (Phi) is 6.85. The first-order valence-electron chi connectivity index (χ1n) is 7.54. The molecule has 1 atom stereocenters. The highest BCUT2D eigenvalue weighted by molar-refractivity contribution is 5.82. The zero-order valence-corrected chi connectivity index (χ0v) is 13.6. The van der Waals surface area contributed by atoms with Crippen LogP contribution in [0.25, 0.3) is 0 Å².